The molecule has 3 aromatic rings. The zero-order valence-corrected chi connectivity index (χ0v) is 15.8. The van der Waals surface area contributed by atoms with E-state index in [0.29, 0.717) is 25.1 Å². The number of para-hydroxylation sites is 1. The van der Waals surface area contributed by atoms with Gasteiger partial charge in [0.1, 0.15) is 0 Å². The van der Waals surface area contributed by atoms with E-state index in [-0.39, 0.29) is 11.8 Å². The third-order valence-electron chi connectivity index (χ3n) is 4.90. The zero-order valence-electron chi connectivity index (χ0n) is 15.8. The lowest BCUT2D eigenvalue weighted by Crippen LogP contribution is -2.27. The number of hydrogen-bond donors (Lipinski definition) is 0. The first-order valence-corrected chi connectivity index (χ1v) is 9.37. The second-order valence-electron chi connectivity index (χ2n) is 6.99. The lowest BCUT2D eigenvalue weighted by Gasteiger charge is -2.19. The maximum atomic E-state index is 12.9. The van der Waals surface area contributed by atoms with Gasteiger partial charge in [0.15, 0.2) is 0 Å². The van der Waals surface area contributed by atoms with Crippen LogP contribution in [0.15, 0.2) is 67.0 Å². The average molecular weight is 374 g/mol. The first-order chi connectivity index (χ1) is 13.6. The third kappa shape index (κ3) is 3.67. The average Bonchev–Trinajstić information content (AvgIpc) is 3.37. The topological polar surface area (TPSA) is 58.4 Å². The lowest BCUT2D eigenvalue weighted by molar-refractivity contribution is -0.117. The summed E-state index contributed by atoms with van der Waals surface area (Å²) in [6.07, 6.45) is 5.14. The van der Waals surface area contributed by atoms with E-state index in [4.69, 9.17) is 0 Å². The SMILES string of the molecule is CN(Cc1cnn(-c2ccccc2)c1)C(=O)c1cccc(N2CCCC2=O)c1. The molecule has 1 aliphatic rings. The van der Waals surface area contributed by atoms with Crippen LogP contribution in [0.5, 0.6) is 0 Å². The standard InChI is InChI=1S/C22H22N4O2/c1-24(15-17-14-23-26(16-17)19-8-3-2-4-9-19)22(28)18-7-5-10-20(13-18)25-12-6-11-21(25)27/h2-5,7-10,13-14,16H,6,11-12,15H2,1H3. The summed E-state index contributed by atoms with van der Waals surface area (Å²) in [6, 6.07) is 17.2. The Hall–Kier alpha value is -3.41. The monoisotopic (exact) mass is 374 g/mol. The normalized spacial score (nSPS) is 13.8. The molecule has 6 heteroatoms. The molecule has 0 N–H and O–H groups in total. The molecule has 2 amide bonds. The van der Waals surface area contributed by atoms with E-state index in [1.165, 1.54) is 0 Å². The molecule has 28 heavy (non-hydrogen) atoms. The zero-order chi connectivity index (χ0) is 19.5. The van der Waals surface area contributed by atoms with Crippen molar-refractivity contribution >= 4 is 17.5 Å². The van der Waals surface area contributed by atoms with Crippen LogP contribution in [0, 0.1) is 0 Å². The van der Waals surface area contributed by atoms with Gasteiger partial charge in [-0.3, -0.25) is 9.59 Å². The minimum Gasteiger partial charge on any atom is -0.337 e. The van der Waals surface area contributed by atoms with E-state index in [9.17, 15) is 9.59 Å². The molecule has 0 bridgehead atoms. The molecule has 0 atom stereocenters. The molecule has 2 heterocycles. The first kappa shape index (κ1) is 18.0. The van der Waals surface area contributed by atoms with Crippen molar-refractivity contribution in [3.8, 4) is 5.69 Å². The van der Waals surface area contributed by atoms with E-state index in [0.717, 1.165) is 23.4 Å². The van der Waals surface area contributed by atoms with Gasteiger partial charge in [-0.15, -0.1) is 0 Å². The molecule has 0 saturated carbocycles. The molecule has 0 spiro atoms. The van der Waals surface area contributed by atoms with Gasteiger partial charge in [-0.25, -0.2) is 4.68 Å². The number of aromatic nitrogens is 2. The molecule has 6 nitrogen and oxygen atoms in total. The molecule has 1 aromatic heterocycles. The summed E-state index contributed by atoms with van der Waals surface area (Å²) >= 11 is 0. The molecule has 1 saturated heterocycles. The Labute approximate surface area is 164 Å². The summed E-state index contributed by atoms with van der Waals surface area (Å²) in [5, 5.41) is 4.38. The Kier molecular flexibility index (Phi) is 4.93. The van der Waals surface area contributed by atoms with Crippen molar-refractivity contribution in [2.45, 2.75) is 19.4 Å². The smallest absolute Gasteiger partial charge is 0.253 e. The van der Waals surface area contributed by atoms with Crippen LogP contribution in [-0.2, 0) is 11.3 Å². The van der Waals surface area contributed by atoms with Crippen LogP contribution in [0.4, 0.5) is 5.69 Å². The molecular weight excluding hydrogens is 352 g/mol. The Bertz CT molecular complexity index is 997. The quantitative estimate of drug-likeness (QED) is 0.689. The molecule has 4 rings (SSSR count). The van der Waals surface area contributed by atoms with Gasteiger partial charge in [0.05, 0.1) is 11.9 Å². The van der Waals surface area contributed by atoms with Gasteiger partial charge in [0, 0.05) is 49.6 Å². The molecule has 1 fully saturated rings. The third-order valence-corrected chi connectivity index (χ3v) is 4.90. The van der Waals surface area contributed by atoms with E-state index < -0.39 is 0 Å². The Morgan fingerprint density at radius 1 is 1.11 bits per heavy atom. The number of carbonyl (C=O) groups excluding carboxylic acids is 2. The van der Waals surface area contributed by atoms with Gasteiger partial charge < -0.3 is 9.80 Å². The molecule has 1 aliphatic heterocycles. The van der Waals surface area contributed by atoms with E-state index in [2.05, 4.69) is 5.10 Å². The fraction of sp³-hybridized carbons (Fsp3) is 0.227. The van der Waals surface area contributed by atoms with Crippen molar-refractivity contribution in [1.82, 2.24) is 14.7 Å². The number of carbonyl (C=O) groups is 2. The second-order valence-corrected chi connectivity index (χ2v) is 6.99. The summed E-state index contributed by atoms with van der Waals surface area (Å²) in [7, 11) is 1.77. The van der Waals surface area contributed by atoms with Crippen molar-refractivity contribution < 1.29 is 9.59 Å². The molecular formula is C22H22N4O2. The largest absolute Gasteiger partial charge is 0.337 e. The van der Waals surface area contributed by atoms with Crippen LogP contribution < -0.4 is 4.90 Å². The second kappa shape index (κ2) is 7.68. The van der Waals surface area contributed by atoms with Gasteiger partial charge >= 0.3 is 0 Å². The Morgan fingerprint density at radius 3 is 2.64 bits per heavy atom. The van der Waals surface area contributed by atoms with Gasteiger partial charge in [0.2, 0.25) is 5.91 Å². The van der Waals surface area contributed by atoms with Crippen molar-refractivity contribution in [2.24, 2.45) is 0 Å². The van der Waals surface area contributed by atoms with Gasteiger partial charge in [-0.2, -0.15) is 5.10 Å². The van der Waals surface area contributed by atoms with Crippen LogP contribution >= 0.6 is 0 Å². The lowest BCUT2D eigenvalue weighted by atomic mass is 10.1. The van der Waals surface area contributed by atoms with E-state index in [1.807, 2.05) is 48.7 Å². The Morgan fingerprint density at radius 2 is 1.89 bits per heavy atom. The van der Waals surface area contributed by atoms with Crippen molar-refractivity contribution in [2.75, 3.05) is 18.5 Å². The summed E-state index contributed by atoms with van der Waals surface area (Å²) in [5.74, 6) is 0.0345. The number of hydrogen-bond acceptors (Lipinski definition) is 3. The molecule has 0 aliphatic carbocycles. The number of benzene rings is 2. The van der Waals surface area contributed by atoms with Crippen molar-refractivity contribution in [1.29, 1.82) is 0 Å². The van der Waals surface area contributed by atoms with Crippen LogP contribution in [0.1, 0.15) is 28.8 Å². The minimum atomic E-state index is -0.0824. The van der Waals surface area contributed by atoms with Crippen LogP contribution in [0.2, 0.25) is 0 Å². The molecule has 142 valence electrons. The molecule has 2 aromatic carbocycles. The molecule has 0 radical (unpaired) electrons. The van der Waals surface area contributed by atoms with Crippen LogP contribution in [0.25, 0.3) is 5.69 Å². The van der Waals surface area contributed by atoms with Gasteiger partial charge in [0.25, 0.3) is 5.91 Å². The van der Waals surface area contributed by atoms with Crippen LogP contribution in [0.3, 0.4) is 0 Å². The van der Waals surface area contributed by atoms with Gasteiger partial charge in [-0.05, 0) is 36.8 Å². The van der Waals surface area contributed by atoms with Crippen LogP contribution in [-0.4, -0.2) is 40.1 Å². The minimum absolute atomic E-state index is 0.0824. The highest BCUT2D eigenvalue weighted by Gasteiger charge is 2.23. The maximum absolute atomic E-state index is 12.9. The highest BCUT2D eigenvalue weighted by atomic mass is 16.2. The van der Waals surface area contributed by atoms with Crippen molar-refractivity contribution in [3.63, 3.8) is 0 Å². The predicted octanol–water partition coefficient (Wildman–Crippen LogP) is 3.27. The van der Waals surface area contributed by atoms with E-state index >= 15 is 0 Å². The maximum Gasteiger partial charge on any atom is 0.253 e. The highest BCUT2D eigenvalue weighted by molar-refractivity contribution is 5.99. The highest BCUT2D eigenvalue weighted by Crippen LogP contribution is 2.23. The van der Waals surface area contributed by atoms with Crippen molar-refractivity contribution in [3.05, 3.63) is 78.1 Å². The number of nitrogens with zero attached hydrogens (tertiary/aromatic N) is 4. The van der Waals surface area contributed by atoms with Gasteiger partial charge in [-0.1, -0.05) is 24.3 Å². The summed E-state index contributed by atoms with van der Waals surface area (Å²) in [4.78, 5) is 28.3. The first-order valence-electron chi connectivity index (χ1n) is 9.37. The Balaban J connectivity index is 1.47. The number of amides is 2. The fourth-order valence-corrected chi connectivity index (χ4v) is 3.46. The number of rotatable bonds is 5. The predicted molar refractivity (Wildman–Crippen MR) is 107 cm³/mol. The van der Waals surface area contributed by atoms with E-state index in [1.54, 1.807) is 39.9 Å². The summed E-state index contributed by atoms with van der Waals surface area (Å²) in [6.45, 7) is 1.17. The summed E-state index contributed by atoms with van der Waals surface area (Å²) in [5.41, 5.74) is 3.30. The fourth-order valence-electron chi connectivity index (χ4n) is 3.46. The summed E-state index contributed by atoms with van der Waals surface area (Å²) < 4.78 is 1.80. The number of anilines is 1. The molecule has 0 unspecified atom stereocenters.